The third-order valence-corrected chi connectivity index (χ3v) is 19.5. The molecule has 11 N–H and O–H groups in total. The van der Waals surface area contributed by atoms with E-state index in [0.717, 1.165) is 31.3 Å². The highest BCUT2D eigenvalue weighted by Gasteiger charge is 2.72. The first-order chi connectivity index (χ1) is 31.6. The fourth-order valence-electron chi connectivity index (χ4n) is 15.2. The SMILES string of the molecule is CC(=O)N[C@H]1[C@H](O[C@H]2CC[C@@]3(C)C(CC[C@]4(C)[C@@H]3CC=C3C5CC(C)(C)[C@@H](O)C[C@]5(C(=O)O)[C@H](O)C[C@]34C)C2(C)C)O[C@H](CO[C@@H]2O[C@H](C)[C@H](O)[C@H](O)[C@H]2O[C@@H]2OC[C@@H](O)[C@H](O)[C@H]2O)[C@@H](O)[C@@H]1O. The first-order valence-electron chi connectivity index (χ1n) is 24.8. The molecule has 0 aromatic heterocycles. The largest absolute Gasteiger partial charge is 0.481 e. The highest BCUT2D eigenvalue weighted by molar-refractivity contribution is 5.78. The normalized spacial score (nSPS) is 53.1. The van der Waals surface area contributed by atoms with Gasteiger partial charge in [-0.2, -0.15) is 0 Å². The maximum Gasteiger partial charge on any atom is 0.312 e. The van der Waals surface area contributed by atoms with Crippen LogP contribution in [-0.4, -0.2) is 180 Å². The number of aliphatic hydroxyl groups excluding tert-OH is 9. The van der Waals surface area contributed by atoms with Gasteiger partial charge in [-0.05, 0) is 103 Å². The predicted molar refractivity (Wildman–Crippen MR) is 238 cm³/mol. The zero-order valence-electron chi connectivity index (χ0n) is 40.9. The molecule has 3 heterocycles. The Labute approximate surface area is 398 Å². The summed E-state index contributed by atoms with van der Waals surface area (Å²) < 4.78 is 36.4. The molecule has 19 nitrogen and oxygen atoms in total. The average Bonchev–Trinajstić information content (AvgIpc) is 3.25. The van der Waals surface area contributed by atoms with Crippen LogP contribution in [0.5, 0.6) is 0 Å². The van der Waals surface area contributed by atoms with Gasteiger partial charge in [-0.1, -0.05) is 60.1 Å². The van der Waals surface area contributed by atoms with E-state index in [1.807, 2.05) is 13.8 Å². The second-order valence-electron chi connectivity index (χ2n) is 23.9. The van der Waals surface area contributed by atoms with Crippen LogP contribution >= 0.6 is 0 Å². The Kier molecular flexibility index (Phi) is 14.0. The predicted octanol–water partition coefficient (Wildman–Crippen LogP) is 0.458. The molecule has 4 saturated carbocycles. The Hall–Kier alpha value is -1.92. The topological polar surface area (TPSA) is 304 Å². The summed E-state index contributed by atoms with van der Waals surface area (Å²) in [6.07, 6.45) is -14.8. The Bertz CT molecular complexity index is 1920. The van der Waals surface area contributed by atoms with Crippen LogP contribution in [0.15, 0.2) is 11.6 Å². The number of aliphatic carboxylic acids is 1. The molecule has 19 heteroatoms. The Morgan fingerprint density at radius 3 is 2.10 bits per heavy atom. The Balaban J connectivity index is 1.01. The molecule has 8 rings (SSSR count). The second kappa shape index (κ2) is 18.2. The van der Waals surface area contributed by atoms with E-state index in [-0.39, 0.29) is 35.5 Å². The van der Waals surface area contributed by atoms with Gasteiger partial charge in [0.25, 0.3) is 0 Å². The van der Waals surface area contributed by atoms with Gasteiger partial charge in [-0.15, -0.1) is 0 Å². The van der Waals surface area contributed by atoms with Gasteiger partial charge >= 0.3 is 5.97 Å². The van der Waals surface area contributed by atoms with E-state index in [1.165, 1.54) is 13.8 Å². The van der Waals surface area contributed by atoms with Crippen LogP contribution in [0.2, 0.25) is 0 Å². The molecular formula is C49H79NO18. The smallest absolute Gasteiger partial charge is 0.312 e. The number of rotatable bonds is 9. The molecule has 388 valence electrons. The van der Waals surface area contributed by atoms with E-state index >= 15 is 0 Å². The van der Waals surface area contributed by atoms with Gasteiger partial charge in [0.15, 0.2) is 18.9 Å². The van der Waals surface area contributed by atoms with E-state index in [2.05, 4.69) is 46.0 Å². The summed E-state index contributed by atoms with van der Waals surface area (Å²) in [5, 5.41) is 112. The third kappa shape index (κ3) is 8.13. The second-order valence-corrected chi connectivity index (χ2v) is 23.9. The number of hydrogen-bond acceptors (Lipinski definition) is 17. The fourth-order valence-corrected chi connectivity index (χ4v) is 15.2. The molecule has 0 radical (unpaired) electrons. The van der Waals surface area contributed by atoms with Crippen molar-refractivity contribution in [3.8, 4) is 0 Å². The zero-order chi connectivity index (χ0) is 50.0. The third-order valence-electron chi connectivity index (χ3n) is 19.5. The summed E-state index contributed by atoms with van der Waals surface area (Å²) in [6, 6.07) is -1.19. The number of carbonyl (C=O) groups is 2. The van der Waals surface area contributed by atoms with E-state index in [0.29, 0.717) is 12.8 Å². The summed E-state index contributed by atoms with van der Waals surface area (Å²) in [5.41, 5.74) is -2.39. The lowest BCUT2D eigenvalue weighted by molar-refractivity contribution is -0.361. The van der Waals surface area contributed by atoms with Crippen molar-refractivity contribution in [2.45, 2.75) is 218 Å². The first kappa shape index (κ1) is 52.4. The monoisotopic (exact) mass is 970 g/mol. The van der Waals surface area contributed by atoms with Gasteiger partial charge < -0.3 is 84.8 Å². The molecule has 0 bridgehead atoms. The van der Waals surface area contributed by atoms with E-state index in [9.17, 15) is 60.7 Å². The van der Waals surface area contributed by atoms with Gasteiger partial charge in [0, 0.05) is 6.92 Å². The van der Waals surface area contributed by atoms with E-state index < -0.39 is 157 Å². The van der Waals surface area contributed by atoms with Crippen molar-refractivity contribution in [3.05, 3.63) is 11.6 Å². The molecule has 5 aliphatic carbocycles. The lowest BCUT2D eigenvalue weighted by Crippen LogP contribution is -2.69. The highest BCUT2D eigenvalue weighted by Crippen LogP contribution is 2.76. The number of carbonyl (C=O) groups excluding carboxylic acids is 1. The first-order valence-corrected chi connectivity index (χ1v) is 24.8. The number of aliphatic hydroxyl groups is 9. The van der Waals surface area contributed by atoms with Gasteiger partial charge in [0.05, 0.1) is 37.6 Å². The minimum atomic E-state index is -1.73. The van der Waals surface area contributed by atoms with Crippen LogP contribution in [0.3, 0.4) is 0 Å². The molecule has 3 aliphatic heterocycles. The molecule has 0 aromatic rings. The molecular weight excluding hydrogens is 891 g/mol. The molecule has 68 heavy (non-hydrogen) atoms. The van der Waals surface area contributed by atoms with Gasteiger partial charge in [0.1, 0.15) is 66.4 Å². The number of carboxylic acid groups (broad SMARTS) is 1. The summed E-state index contributed by atoms with van der Waals surface area (Å²) in [6.45, 7) is 17.2. The fraction of sp³-hybridized carbons (Fsp3) is 0.918. The van der Waals surface area contributed by atoms with Crippen molar-refractivity contribution in [3.63, 3.8) is 0 Å². The number of hydrogen-bond donors (Lipinski definition) is 11. The van der Waals surface area contributed by atoms with Crippen molar-refractivity contribution < 1.29 is 89.1 Å². The van der Waals surface area contributed by atoms with E-state index in [4.69, 9.17) is 28.4 Å². The minimum absolute atomic E-state index is 0.00159. The molecule has 0 aromatic carbocycles. The van der Waals surface area contributed by atoms with Crippen molar-refractivity contribution in [1.82, 2.24) is 5.32 Å². The number of amides is 1. The number of ether oxygens (including phenoxy) is 6. The van der Waals surface area contributed by atoms with Crippen LogP contribution in [0.1, 0.15) is 114 Å². The summed E-state index contributed by atoms with van der Waals surface area (Å²) in [5.74, 6) is -1.67. The summed E-state index contributed by atoms with van der Waals surface area (Å²) >= 11 is 0. The van der Waals surface area contributed by atoms with Crippen molar-refractivity contribution in [1.29, 1.82) is 0 Å². The summed E-state index contributed by atoms with van der Waals surface area (Å²) in [7, 11) is 0. The van der Waals surface area contributed by atoms with E-state index in [1.54, 1.807) is 0 Å². The zero-order valence-corrected chi connectivity index (χ0v) is 40.9. The van der Waals surface area contributed by atoms with Crippen LogP contribution in [0, 0.1) is 50.2 Å². The molecule has 24 atom stereocenters. The lowest BCUT2D eigenvalue weighted by Gasteiger charge is -2.72. The van der Waals surface area contributed by atoms with Crippen molar-refractivity contribution in [2.75, 3.05) is 13.2 Å². The molecule has 3 saturated heterocycles. The van der Waals surface area contributed by atoms with Crippen LogP contribution < -0.4 is 5.32 Å². The van der Waals surface area contributed by atoms with Gasteiger partial charge in [-0.25, -0.2) is 0 Å². The maximum absolute atomic E-state index is 13.2. The summed E-state index contributed by atoms with van der Waals surface area (Å²) in [4.78, 5) is 25.8. The maximum atomic E-state index is 13.2. The molecule has 0 spiro atoms. The molecule has 2 unspecified atom stereocenters. The van der Waals surface area contributed by atoms with Gasteiger partial charge in [0.2, 0.25) is 5.91 Å². The van der Waals surface area contributed by atoms with Crippen LogP contribution in [-0.2, 0) is 38.0 Å². The number of nitrogens with one attached hydrogen (secondary N) is 1. The van der Waals surface area contributed by atoms with Crippen LogP contribution in [0.25, 0.3) is 0 Å². The quantitative estimate of drug-likeness (QED) is 0.110. The Morgan fingerprint density at radius 2 is 1.44 bits per heavy atom. The average molecular weight is 970 g/mol. The number of carboxylic acids is 1. The van der Waals surface area contributed by atoms with Gasteiger partial charge in [-0.3, -0.25) is 9.59 Å². The van der Waals surface area contributed by atoms with Crippen molar-refractivity contribution in [2.24, 2.45) is 50.2 Å². The van der Waals surface area contributed by atoms with Crippen molar-refractivity contribution >= 4 is 11.9 Å². The lowest BCUT2D eigenvalue weighted by atomic mass is 9.33. The number of fused-ring (bicyclic) bond motifs is 7. The molecule has 7 fully saturated rings. The van der Waals surface area contributed by atoms with Crippen LogP contribution in [0.4, 0.5) is 0 Å². The molecule has 8 aliphatic rings. The molecule has 1 amide bonds. The standard InChI is InChI=1S/C49H79NO18/c1-21-33(55)37(59)39(68-41-38(60)34(56)25(52)19-63-41)42(65-21)64-20-26-35(57)36(58)32(50-22(2)51)40(66-26)67-31-13-14-46(7)27(45(31,5)6)12-15-47(8)28(46)11-10-23-24-16-44(3,4)29(53)18-49(24,43(61)62)30(54)17-48(23,47)9/h10,21,24-42,52-60H,11-20H2,1-9H3,(H,50,51)(H,61,62)/t21-,24?,25-,26-,27?,28-,29+,30-,31+,32-,33+,34+,35-,36-,37+,38-,39-,40+,41+,42-,46+,47-,48-,49-/m1/s1. The minimum Gasteiger partial charge on any atom is -0.481 e. The number of allylic oxidation sites excluding steroid dienone is 2. The highest BCUT2D eigenvalue weighted by atomic mass is 16.8. The Morgan fingerprint density at radius 1 is 0.750 bits per heavy atom.